The average Bonchev–Trinajstić information content (AvgIpc) is 2.77. The molecule has 0 spiro atoms. The van der Waals surface area contributed by atoms with Crippen LogP contribution in [0.3, 0.4) is 0 Å². The van der Waals surface area contributed by atoms with Crippen LogP contribution in [0, 0.1) is 11.8 Å². The zero-order valence-electron chi connectivity index (χ0n) is 16.8. The lowest BCUT2D eigenvalue weighted by Gasteiger charge is -2.32. The second kappa shape index (κ2) is 9.49. The zero-order valence-corrected chi connectivity index (χ0v) is 16.8. The molecule has 0 aliphatic heterocycles. The number of rotatable bonds is 6. The topological polar surface area (TPSA) is 53.5 Å². The third-order valence-electron chi connectivity index (χ3n) is 5.76. The fourth-order valence-electron chi connectivity index (χ4n) is 3.91. The molecule has 148 valence electrons. The lowest BCUT2D eigenvalue weighted by Crippen LogP contribution is -2.39. The molecule has 0 saturated heterocycles. The quantitative estimate of drug-likeness (QED) is 0.771. The van der Waals surface area contributed by atoms with Gasteiger partial charge < -0.3 is 9.80 Å². The summed E-state index contributed by atoms with van der Waals surface area (Å²) in [6.07, 6.45) is 7.54. The molecule has 5 nitrogen and oxygen atoms in total. The predicted molar refractivity (Wildman–Crippen MR) is 111 cm³/mol. The van der Waals surface area contributed by atoms with E-state index >= 15 is 0 Å². The van der Waals surface area contributed by atoms with Gasteiger partial charge in [0.05, 0.1) is 0 Å². The molecule has 1 aliphatic carbocycles. The molecule has 2 aromatic rings. The second-order valence-corrected chi connectivity index (χ2v) is 7.65. The molecule has 0 N–H and O–H groups in total. The van der Waals surface area contributed by atoms with Gasteiger partial charge >= 0.3 is 0 Å². The number of pyridine rings is 1. The Hall–Kier alpha value is -2.69. The summed E-state index contributed by atoms with van der Waals surface area (Å²) in [7, 11) is 3.71. The van der Waals surface area contributed by atoms with Crippen molar-refractivity contribution in [3.05, 3.63) is 60.4 Å². The van der Waals surface area contributed by atoms with Gasteiger partial charge in [-0.2, -0.15) is 0 Å². The van der Waals surface area contributed by atoms with Crippen molar-refractivity contribution in [3.8, 4) is 0 Å². The first-order valence-corrected chi connectivity index (χ1v) is 10.0. The van der Waals surface area contributed by atoms with Crippen LogP contribution in [0.4, 0.5) is 5.69 Å². The van der Waals surface area contributed by atoms with Crippen molar-refractivity contribution in [2.24, 2.45) is 11.8 Å². The van der Waals surface area contributed by atoms with Gasteiger partial charge in [0.2, 0.25) is 11.8 Å². The maximum atomic E-state index is 12.8. The third-order valence-corrected chi connectivity index (χ3v) is 5.76. The Morgan fingerprint density at radius 3 is 2.07 bits per heavy atom. The molecular formula is C23H29N3O2. The third kappa shape index (κ3) is 4.97. The van der Waals surface area contributed by atoms with Crippen molar-refractivity contribution in [1.29, 1.82) is 0 Å². The highest BCUT2D eigenvalue weighted by Crippen LogP contribution is 2.32. The summed E-state index contributed by atoms with van der Waals surface area (Å²) in [6, 6.07) is 13.7. The van der Waals surface area contributed by atoms with E-state index in [1.807, 2.05) is 61.5 Å². The minimum absolute atomic E-state index is 0.0105. The highest BCUT2D eigenvalue weighted by atomic mass is 16.2. The Morgan fingerprint density at radius 1 is 0.893 bits per heavy atom. The number of anilines is 1. The van der Waals surface area contributed by atoms with Crippen LogP contribution in [0.25, 0.3) is 0 Å². The minimum atomic E-state index is 0.0105. The van der Waals surface area contributed by atoms with Crippen LogP contribution in [-0.2, 0) is 16.0 Å². The Kier molecular flexibility index (Phi) is 6.80. The highest BCUT2D eigenvalue weighted by Gasteiger charge is 2.32. The molecule has 28 heavy (non-hydrogen) atoms. The number of likely N-dealkylation sites (N-methyl/N-ethyl adjacent to an activating group) is 1. The van der Waals surface area contributed by atoms with E-state index in [0.29, 0.717) is 6.54 Å². The molecule has 1 saturated carbocycles. The van der Waals surface area contributed by atoms with Crippen LogP contribution in [0.5, 0.6) is 0 Å². The molecule has 1 aromatic heterocycles. The van der Waals surface area contributed by atoms with Crippen LogP contribution in [0.15, 0.2) is 54.9 Å². The van der Waals surface area contributed by atoms with E-state index in [-0.39, 0.29) is 23.7 Å². The SMILES string of the molecule is CN(CCc1ccncc1)C(=O)C1CCC(C(=O)N(C)c2ccccc2)CC1. The van der Waals surface area contributed by atoms with Gasteiger partial charge in [0.1, 0.15) is 0 Å². The lowest BCUT2D eigenvalue weighted by molar-refractivity contribution is -0.136. The van der Waals surface area contributed by atoms with Gasteiger partial charge in [-0.3, -0.25) is 14.6 Å². The second-order valence-electron chi connectivity index (χ2n) is 7.65. The largest absolute Gasteiger partial charge is 0.345 e. The van der Waals surface area contributed by atoms with Gasteiger partial charge in [-0.1, -0.05) is 18.2 Å². The van der Waals surface area contributed by atoms with E-state index in [2.05, 4.69) is 4.98 Å². The summed E-state index contributed by atoms with van der Waals surface area (Å²) in [5.41, 5.74) is 2.11. The molecule has 1 fully saturated rings. The van der Waals surface area contributed by atoms with Crippen molar-refractivity contribution < 1.29 is 9.59 Å². The number of carbonyl (C=O) groups excluding carboxylic acids is 2. The molecule has 5 heteroatoms. The number of hydrogen-bond donors (Lipinski definition) is 0. The molecule has 3 rings (SSSR count). The number of aromatic nitrogens is 1. The Balaban J connectivity index is 1.47. The van der Waals surface area contributed by atoms with E-state index in [1.54, 1.807) is 17.3 Å². The van der Waals surface area contributed by atoms with Crippen LogP contribution in [-0.4, -0.2) is 42.3 Å². The van der Waals surface area contributed by atoms with Crippen LogP contribution >= 0.6 is 0 Å². The standard InChI is InChI=1S/C23H29N3O2/c1-25(17-14-18-12-15-24-16-13-18)22(27)19-8-10-20(11-9-19)23(28)26(2)21-6-4-3-5-7-21/h3-7,12-13,15-16,19-20H,8-11,14,17H2,1-2H3. The fourth-order valence-corrected chi connectivity index (χ4v) is 3.91. The van der Waals surface area contributed by atoms with Gasteiger partial charge in [0, 0.05) is 50.6 Å². The normalized spacial score (nSPS) is 19.1. The lowest BCUT2D eigenvalue weighted by atomic mass is 9.80. The molecular weight excluding hydrogens is 350 g/mol. The zero-order chi connectivity index (χ0) is 19.9. The Labute approximate surface area is 167 Å². The molecule has 1 aromatic carbocycles. The van der Waals surface area contributed by atoms with E-state index in [9.17, 15) is 9.59 Å². The van der Waals surface area contributed by atoms with Crippen molar-refractivity contribution in [3.63, 3.8) is 0 Å². The molecule has 0 unspecified atom stereocenters. The Bertz CT molecular complexity index is 771. The van der Waals surface area contributed by atoms with E-state index in [1.165, 1.54) is 5.56 Å². The number of hydrogen-bond acceptors (Lipinski definition) is 3. The highest BCUT2D eigenvalue weighted by molar-refractivity contribution is 5.94. The number of para-hydroxylation sites is 1. The smallest absolute Gasteiger partial charge is 0.229 e. The van der Waals surface area contributed by atoms with Gasteiger partial charge in [-0.05, 0) is 61.9 Å². The minimum Gasteiger partial charge on any atom is -0.345 e. The number of nitrogens with zero attached hydrogens (tertiary/aromatic N) is 3. The Morgan fingerprint density at radius 2 is 1.46 bits per heavy atom. The molecule has 2 amide bonds. The number of amides is 2. The summed E-state index contributed by atoms with van der Waals surface area (Å²) in [6.45, 7) is 0.707. The number of carbonyl (C=O) groups is 2. The summed E-state index contributed by atoms with van der Waals surface area (Å²) < 4.78 is 0. The van der Waals surface area contributed by atoms with Crippen molar-refractivity contribution in [1.82, 2.24) is 9.88 Å². The predicted octanol–water partition coefficient (Wildman–Crippen LogP) is 3.55. The van der Waals surface area contributed by atoms with Crippen molar-refractivity contribution >= 4 is 17.5 Å². The van der Waals surface area contributed by atoms with Crippen molar-refractivity contribution in [2.45, 2.75) is 32.1 Å². The summed E-state index contributed by atoms with van der Waals surface area (Å²) in [4.78, 5) is 33.2. The fraction of sp³-hybridized carbons (Fsp3) is 0.435. The molecule has 0 bridgehead atoms. The molecule has 0 radical (unpaired) electrons. The first kappa shape index (κ1) is 20.1. The summed E-state index contributed by atoms with van der Waals surface area (Å²) in [5.74, 6) is 0.407. The van der Waals surface area contributed by atoms with Gasteiger partial charge in [0.15, 0.2) is 0 Å². The molecule has 1 aliphatic rings. The van der Waals surface area contributed by atoms with Gasteiger partial charge in [-0.15, -0.1) is 0 Å². The van der Waals surface area contributed by atoms with E-state index in [4.69, 9.17) is 0 Å². The summed E-state index contributed by atoms with van der Waals surface area (Å²) >= 11 is 0. The maximum absolute atomic E-state index is 12.8. The first-order valence-electron chi connectivity index (χ1n) is 10.0. The van der Waals surface area contributed by atoms with Crippen LogP contribution in [0.2, 0.25) is 0 Å². The van der Waals surface area contributed by atoms with Gasteiger partial charge in [0.25, 0.3) is 0 Å². The monoisotopic (exact) mass is 379 g/mol. The molecule has 0 atom stereocenters. The summed E-state index contributed by atoms with van der Waals surface area (Å²) in [5, 5.41) is 0. The van der Waals surface area contributed by atoms with Gasteiger partial charge in [-0.25, -0.2) is 0 Å². The molecule has 1 heterocycles. The maximum Gasteiger partial charge on any atom is 0.229 e. The van der Waals surface area contributed by atoms with E-state index in [0.717, 1.165) is 37.8 Å². The first-order chi connectivity index (χ1) is 13.6. The van der Waals surface area contributed by atoms with E-state index < -0.39 is 0 Å². The van der Waals surface area contributed by atoms with Crippen LogP contribution < -0.4 is 4.90 Å². The average molecular weight is 380 g/mol. The number of benzene rings is 1. The van der Waals surface area contributed by atoms with Crippen LogP contribution in [0.1, 0.15) is 31.2 Å². The van der Waals surface area contributed by atoms with Crippen molar-refractivity contribution in [2.75, 3.05) is 25.5 Å².